The first-order chi connectivity index (χ1) is 13.6. The summed E-state index contributed by atoms with van der Waals surface area (Å²) < 4.78 is 4.73. The summed E-state index contributed by atoms with van der Waals surface area (Å²) >= 11 is 0. The average Bonchev–Trinajstić information content (AvgIpc) is 2.74. The highest BCUT2D eigenvalue weighted by Gasteiger charge is 2.15. The molecule has 0 atom stereocenters. The van der Waals surface area contributed by atoms with Gasteiger partial charge in [-0.15, -0.1) is 10.2 Å². The van der Waals surface area contributed by atoms with Crippen LogP contribution in [0.15, 0.2) is 66.7 Å². The SMILES string of the molecule is COC(=O)c1ccccc1NC(=O)c1ccc(N(C)Cc2ccccc2)nn1. The molecule has 0 bridgehead atoms. The van der Waals surface area contributed by atoms with Crippen LogP contribution < -0.4 is 10.2 Å². The molecule has 1 aromatic heterocycles. The highest BCUT2D eigenvalue weighted by molar-refractivity contribution is 6.07. The fourth-order valence-electron chi connectivity index (χ4n) is 2.65. The molecule has 0 saturated heterocycles. The zero-order valence-electron chi connectivity index (χ0n) is 15.6. The Morgan fingerprint density at radius 2 is 1.68 bits per heavy atom. The molecule has 0 unspecified atom stereocenters. The van der Waals surface area contributed by atoms with E-state index in [2.05, 4.69) is 15.5 Å². The second-order valence-corrected chi connectivity index (χ2v) is 6.11. The molecule has 3 aromatic rings. The quantitative estimate of drug-likeness (QED) is 0.665. The first-order valence-corrected chi connectivity index (χ1v) is 8.66. The Morgan fingerprint density at radius 1 is 0.964 bits per heavy atom. The van der Waals surface area contributed by atoms with Gasteiger partial charge in [0.1, 0.15) is 0 Å². The summed E-state index contributed by atoms with van der Waals surface area (Å²) in [5.41, 5.74) is 1.92. The number of anilines is 2. The largest absolute Gasteiger partial charge is 0.465 e. The number of hydrogen-bond donors (Lipinski definition) is 1. The number of para-hydroxylation sites is 1. The third-order valence-corrected chi connectivity index (χ3v) is 4.12. The van der Waals surface area contributed by atoms with Crippen molar-refractivity contribution in [3.05, 3.63) is 83.6 Å². The third kappa shape index (κ3) is 4.50. The molecule has 142 valence electrons. The maximum atomic E-state index is 12.5. The molecule has 0 fully saturated rings. The lowest BCUT2D eigenvalue weighted by molar-refractivity contribution is 0.0602. The summed E-state index contributed by atoms with van der Waals surface area (Å²) in [7, 11) is 3.19. The van der Waals surface area contributed by atoms with E-state index in [4.69, 9.17) is 4.74 Å². The summed E-state index contributed by atoms with van der Waals surface area (Å²) in [6.45, 7) is 0.674. The van der Waals surface area contributed by atoms with Gasteiger partial charge in [0.05, 0.1) is 18.4 Å². The zero-order valence-corrected chi connectivity index (χ0v) is 15.6. The molecule has 0 aliphatic rings. The van der Waals surface area contributed by atoms with E-state index in [1.165, 1.54) is 7.11 Å². The fraction of sp³-hybridized carbons (Fsp3) is 0.143. The number of amides is 1. The van der Waals surface area contributed by atoms with E-state index in [-0.39, 0.29) is 11.3 Å². The van der Waals surface area contributed by atoms with Crippen molar-refractivity contribution in [2.24, 2.45) is 0 Å². The van der Waals surface area contributed by atoms with Crippen LogP contribution in [0.25, 0.3) is 0 Å². The number of methoxy groups -OCH3 is 1. The maximum absolute atomic E-state index is 12.5. The Bertz CT molecular complexity index is 959. The standard InChI is InChI=1S/C21H20N4O3/c1-25(14-15-8-4-3-5-9-15)19-13-12-18(23-24-19)20(26)22-17-11-7-6-10-16(17)21(27)28-2/h3-13H,14H2,1-2H3,(H,22,26). The van der Waals surface area contributed by atoms with Gasteiger partial charge in [0.25, 0.3) is 5.91 Å². The van der Waals surface area contributed by atoms with Crippen LogP contribution in [0.1, 0.15) is 26.4 Å². The number of carbonyl (C=O) groups is 2. The molecule has 1 N–H and O–H groups in total. The van der Waals surface area contributed by atoms with Gasteiger partial charge in [-0.25, -0.2) is 4.79 Å². The predicted molar refractivity (Wildman–Crippen MR) is 106 cm³/mol. The average molecular weight is 376 g/mol. The normalized spacial score (nSPS) is 10.2. The molecule has 28 heavy (non-hydrogen) atoms. The topological polar surface area (TPSA) is 84.4 Å². The fourth-order valence-corrected chi connectivity index (χ4v) is 2.65. The van der Waals surface area contributed by atoms with Crippen LogP contribution >= 0.6 is 0 Å². The van der Waals surface area contributed by atoms with E-state index < -0.39 is 11.9 Å². The number of nitrogens with zero attached hydrogens (tertiary/aromatic N) is 3. The number of esters is 1. The van der Waals surface area contributed by atoms with E-state index in [1.54, 1.807) is 36.4 Å². The van der Waals surface area contributed by atoms with Gasteiger partial charge in [0, 0.05) is 13.6 Å². The molecule has 0 saturated carbocycles. The van der Waals surface area contributed by atoms with Crippen LogP contribution in [-0.2, 0) is 11.3 Å². The molecular formula is C21H20N4O3. The lowest BCUT2D eigenvalue weighted by atomic mass is 10.1. The van der Waals surface area contributed by atoms with Crippen molar-refractivity contribution < 1.29 is 14.3 Å². The summed E-state index contributed by atoms with van der Waals surface area (Å²) in [6, 6.07) is 19.9. The second-order valence-electron chi connectivity index (χ2n) is 6.11. The van der Waals surface area contributed by atoms with Crippen LogP contribution in [-0.4, -0.2) is 36.2 Å². The summed E-state index contributed by atoms with van der Waals surface area (Å²) in [4.78, 5) is 26.2. The second kappa shape index (κ2) is 8.77. The molecular weight excluding hydrogens is 356 g/mol. The zero-order chi connectivity index (χ0) is 19.9. The van der Waals surface area contributed by atoms with Crippen LogP contribution in [0.3, 0.4) is 0 Å². The van der Waals surface area contributed by atoms with E-state index in [0.29, 0.717) is 18.1 Å². The first kappa shape index (κ1) is 19.0. The van der Waals surface area contributed by atoms with Crippen molar-refractivity contribution in [1.29, 1.82) is 0 Å². The van der Waals surface area contributed by atoms with Crippen molar-refractivity contribution in [2.75, 3.05) is 24.4 Å². The number of carbonyl (C=O) groups excluding carboxylic acids is 2. The van der Waals surface area contributed by atoms with E-state index in [0.717, 1.165) is 5.56 Å². The third-order valence-electron chi connectivity index (χ3n) is 4.12. The highest BCUT2D eigenvalue weighted by atomic mass is 16.5. The van der Waals surface area contributed by atoms with Gasteiger partial charge in [0.2, 0.25) is 0 Å². The summed E-state index contributed by atoms with van der Waals surface area (Å²) in [6.07, 6.45) is 0. The van der Waals surface area contributed by atoms with Crippen LogP contribution in [0.4, 0.5) is 11.5 Å². The minimum absolute atomic E-state index is 0.150. The monoisotopic (exact) mass is 376 g/mol. The van der Waals surface area contributed by atoms with Crippen molar-refractivity contribution in [2.45, 2.75) is 6.54 Å². The predicted octanol–water partition coefficient (Wildman–Crippen LogP) is 3.15. The first-order valence-electron chi connectivity index (χ1n) is 8.66. The maximum Gasteiger partial charge on any atom is 0.339 e. The van der Waals surface area contributed by atoms with Gasteiger partial charge in [-0.1, -0.05) is 42.5 Å². The van der Waals surface area contributed by atoms with Crippen LogP contribution in [0.5, 0.6) is 0 Å². The minimum atomic E-state index is -0.528. The van der Waals surface area contributed by atoms with Crippen molar-refractivity contribution >= 4 is 23.4 Å². The number of benzene rings is 2. The van der Waals surface area contributed by atoms with Crippen molar-refractivity contribution in [3.8, 4) is 0 Å². The molecule has 0 aliphatic carbocycles. The molecule has 1 amide bonds. The molecule has 7 nitrogen and oxygen atoms in total. The highest BCUT2D eigenvalue weighted by Crippen LogP contribution is 2.17. The smallest absolute Gasteiger partial charge is 0.339 e. The number of hydrogen-bond acceptors (Lipinski definition) is 6. The lowest BCUT2D eigenvalue weighted by Crippen LogP contribution is -2.20. The number of nitrogens with one attached hydrogen (secondary N) is 1. The summed E-state index contributed by atoms with van der Waals surface area (Å²) in [5.74, 6) is -0.337. The Hall–Kier alpha value is -3.74. The molecule has 1 heterocycles. The summed E-state index contributed by atoms with van der Waals surface area (Å²) in [5, 5.41) is 10.8. The molecule has 3 rings (SSSR count). The molecule has 7 heteroatoms. The molecule has 2 aromatic carbocycles. The Labute approximate surface area is 163 Å². The van der Waals surface area contributed by atoms with Gasteiger partial charge in [-0.3, -0.25) is 4.79 Å². The molecule has 0 aliphatic heterocycles. The van der Waals surface area contributed by atoms with Crippen LogP contribution in [0, 0.1) is 0 Å². The number of aromatic nitrogens is 2. The van der Waals surface area contributed by atoms with E-state index >= 15 is 0 Å². The van der Waals surface area contributed by atoms with Gasteiger partial charge >= 0.3 is 5.97 Å². The lowest BCUT2D eigenvalue weighted by Gasteiger charge is -2.17. The Balaban J connectivity index is 1.70. The van der Waals surface area contributed by atoms with E-state index in [1.807, 2.05) is 42.3 Å². The molecule has 0 spiro atoms. The van der Waals surface area contributed by atoms with Gasteiger partial charge in [-0.05, 0) is 29.8 Å². The minimum Gasteiger partial charge on any atom is -0.465 e. The molecule has 0 radical (unpaired) electrons. The van der Waals surface area contributed by atoms with Crippen molar-refractivity contribution in [1.82, 2.24) is 10.2 Å². The number of ether oxygens (including phenoxy) is 1. The van der Waals surface area contributed by atoms with Crippen molar-refractivity contribution in [3.63, 3.8) is 0 Å². The number of rotatable bonds is 6. The van der Waals surface area contributed by atoms with Crippen LogP contribution in [0.2, 0.25) is 0 Å². The Kier molecular flexibility index (Phi) is 5.96. The van der Waals surface area contributed by atoms with Gasteiger partial charge < -0.3 is 15.0 Å². The van der Waals surface area contributed by atoms with E-state index in [9.17, 15) is 9.59 Å². The Morgan fingerprint density at radius 3 is 2.36 bits per heavy atom. The van der Waals surface area contributed by atoms with Gasteiger partial charge in [-0.2, -0.15) is 0 Å². The van der Waals surface area contributed by atoms with Gasteiger partial charge in [0.15, 0.2) is 11.5 Å².